The van der Waals surface area contributed by atoms with Crippen molar-refractivity contribution < 1.29 is 14.7 Å². The number of hydrogen-bond acceptors (Lipinski definition) is 2. The van der Waals surface area contributed by atoms with Gasteiger partial charge in [0.05, 0.1) is 5.02 Å². The van der Waals surface area contributed by atoms with E-state index >= 15 is 0 Å². The van der Waals surface area contributed by atoms with Gasteiger partial charge in [-0.25, -0.2) is 9.59 Å². The molecule has 0 spiro atoms. The minimum Gasteiger partial charge on any atom is -0.477 e. The van der Waals surface area contributed by atoms with Crippen LogP contribution in [-0.2, 0) is 6.42 Å². The number of hydrogen-bond donors (Lipinski definition) is 4. The number of H-pyrrole nitrogens is 1. The van der Waals surface area contributed by atoms with Gasteiger partial charge in [-0.1, -0.05) is 41.4 Å². The van der Waals surface area contributed by atoms with Gasteiger partial charge in [0.25, 0.3) is 0 Å². The molecule has 0 bridgehead atoms. The van der Waals surface area contributed by atoms with Gasteiger partial charge in [-0.2, -0.15) is 0 Å². The minimum absolute atomic E-state index is 0.0373. The third-order valence-corrected chi connectivity index (χ3v) is 4.70. The zero-order chi connectivity index (χ0) is 19.6. The highest BCUT2D eigenvalue weighted by Crippen LogP contribution is 2.32. The minimum atomic E-state index is -1.10. The highest BCUT2D eigenvalue weighted by molar-refractivity contribution is 6.39. The van der Waals surface area contributed by atoms with Crippen LogP contribution in [-0.4, -0.2) is 28.6 Å². The topological polar surface area (TPSA) is 94.2 Å². The van der Waals surface area contributed by atoms with Crippen molar-refractivity contribution in [2.24, 2.45) is 0 Å². The standard InChI is InChI=1S/C19H17Cl2N3O3/c1-10-4-2-3-5-14(10)24-19(27)22-7-6-12-16-13(21)8-11(20)9-15(16)23-17(12)18(25)26/h2-5,8-9,23H,6-7H2,1H3,(H,25,26)(H2,22,24,27). The molecule has 0 aliphatic rings. The molecule has 0 aliphatic carbocycles. The lowest BCUT2D eigenvalue weighted by Gasteiger charge is -2.10. The first-order valence-electron chi connectivity index (χ1n) is 8.20. The van der Waals surface area contributed by atoms with Gasteiger partial charge in [-0.05, 0) is 42.7 Å². The number of carbonyl (C=O) groups excluding carboxylic acids is 1. The lowest BCUT2D eigenvalue weighted by atomic mass is 10.1. The molecule has 2 amide bonds. The van der Waals surface area contributed by atoms with Crippen LogP contribution in [0.3, 0.4) is 0 Å². The van der Waals surface area contributed by atoms with Gasteiger partial charge >= 0.3 is 12.0 Å². The van der Waals surface area contributed by atoms with Crippen LogP contribution in [0.15, 0.2) is 36.4 Å². The van der Waals surface area contributed by atoms with Gasteiger partial charge in [0.2, 0.25) is 0 Å². The number of benzene rings is 2. The van der Waals surface area contributed by atoms with Crippen LogP contribution in [0.1, 0.15) is 21.6 Å². The molecule has 3 rings (SSSR count). The zero-order valence-corrected chi connectivity index (χ0v) is 15.9. The van der Waals surface area contributed by atoms with E-state index < -0.39 is 5.97 Å². The Morgan fingerprint density at radius 3 is 2.63 bits per heavy atom. The summed E-state index contributed by atoms with van der Waals surface area (Å²) in [6.45, 7) is 2.14. The van der Waals surface area contributed by atoms with Gasteiger partial charge in [0, 0.05) is 28.2 Å². The fourth-order valence-corrected chi connectivity index (χ4v) is 3.53. The van der Waals surface area contributed by atoms with Crippen LogP contribution in [0.2, 0.25) is 10.0 Å². The highest BCUT2D eigenvalue weighted by atomic mass is 35.5. The number of fused-ring (bicyclic) bond motifs is 1. The molecule has 1 aromatic heterocycles. The number of aromatic carboxylic acids is 1. The van der Waals surface area contributed by atoms with Gasteiger partial charge in [-0.3, -0.25) is 0 Å². The number of aromatic nitrogens is 1. The average Bonchev–Trinajstić information content (AvgIpc) is 2.96. The van der Waals surface area contributed by atoms with E-state index in [4.69, 9.17) is 23.2 Å². The maximum absolute atomic E-state index is 12.1. The number of amides is 2. The Hall–Kier alpha value is -2.70. The Labute approximate surface area is 165 Å². The number of rotatable bonds is 5. The maximum Gasteiger partial charge on any atom is 0.352 e. The van der Waals surface area contributed by atoms with E-state index in [0.29, 0.717) is 38.6 Å². The summed E-state index contributed by atoms with van der Waals surface area (Å²) in [5.74, 6) is -1.10. The molecule has 140 valence electrons. The number of aryl methyl sites for hydroxylation is 1. The van der Waals surface area contributed by atoms with Gasteiger partial charge < -0.3 is 20.7 Å². The summed E-state index contributed by atoms with van der Waals surface area (Å²) in [5, 5.41) is 16.3. The highest BCUT2D eigenvalue weighted by Gasteiger charge is 2.19. The van der Waals surface area contributed by atoms with Gasteiger partial charge in [-0.15, -0.1) is 0 Å². The van der Waals surface area contributed by atoms with Gasteiger partial charge in [0.1, 0.15) is 5.69 Å². The number of aromatic amines is 1. The first kappa shape index (κ1) is 19.1. The second-order valence-electron chi connectivity index (χ2n) is 6.04. The molecule has 0 saturated carbocycles. The fraction of sp³-hybridized carbons (Fsp3) is 0.158. The summed E-state index contributed by atoms with van der Waals surface area (Å²) >= 11 is 12.2. The summed E-state index contributed by atoms with van der Waals surface area (Å²) in [4.78, 5) is 26.5. The van der Waals surface area contributed by atoms with Crippen LogP contribution in [0.4, 0.5) is 10.5 Å². The van der Waals surface area contributed by atoms with Crippen molar-refractivity contribution in [1.29, 1.82) is 0 Å². The number of carbonyl (C=O) groups is 2. The smallest absolute Gasteiger partial charge is 0.352 e. The predicted molar refractivity (Wildman–Crippen MR) is 107 cm³/mol. The second-order valence-corrected chi connectivity index (χ2v) is 6.88. The van der Waals surface area contributed by atoms with Crippen molar-refractivity contribution in [2.75, 3.05) is 11.9 Å². The van der Waals surface area contributed by atoms with Gasteiger partial charge in [0.15, 0.2) is 0 Å². The average molecular weight is 406 g/mol. The molecule has 6 nitrogen and oxygen atoms in total. The molecule has 0 fully saturated rings. The number of urea groups is 1. The predicted octanol–water partition coefficient (Wildman–Crippen LogP) is 4.85. The summed E-state index contributed by atoms with van der Waals surface area (Å²) in [5.41, 5.74) is 2.77. The van der Waals surface area contributed by atoms with E-state index in [9.17, 15) is 14.7 Å². The molecule has 0 aliphatic heterocycles. The fourth-order valence-electron chi connectivity index (χ4n) is 2.93. The molecule has 2 aromatic carbocycles. The number of carboxylic acids is 1. The molecular formula is C19H17Cl2N3O3. The van der Waals surface area contributed by atoms with Crippen molar-refractivity contribution in [3.8, 4) is 0 Å². The Balaban J connectivity index is 1.75. The zero-order valence-electron chi connectivity index (χ0n) is 14.4. The summed E-state index contributed by atoms with van der Waals surface area (Å²) < 4.78 is 0. The maximum atomic E-state index is 12.1. The Morgan fingerprint density at radius 1 is 1.19 bits per heavy atom. The first-order chi connectivity index (χ1) is 12.9. The van der Waals surface area contributed by atoms with E-state index in [2.05, 4.69) is 15.6 Å². The molecule has 3 aromatic rings. The number of nitrogens with one attached hydrogen (secondary N) is 3. The van der Waals surface area contributed by atoms with Crippen LogP contribution in [0, 0.1) is 6.92 Å². The van der Waals surface area contributed by atoms with E-state index in [1.807, 2.05) is 25.1 Å². The third kappa shape index (κ3) is 4.18. The van der Waals surface area contributed by atoms with Crippen molar-refractivity contribution in [2.45, 2.75) is 13.3 Å². The van der Waals surface area contributed by atoms with Crippen LogP contribution in [0.25, 0.3) is 10.9 Å². The van der Waals surface area contributed by atoms with E-state index in [0.717, 1.165) is 5.56 Å². The SMILES string of the molecule is Cc1ccccc1NC(=O)NCCc1c(C(=O)O)[nH]c2cc(Cl)cc(Cl)c12. The van der Waals surface area contributed by atoms with Crippen molar-refractivity contribution >= 4 is 51.8 Å². The van der Waals surface area contributed by atoms with Crippen LogP contribution >= 0.6 is 23.2 Å². The van der Waals surface area contributed by atoms with Crippen molar-refractivity contribution in [1.82, 2.24) is 10.3 Å². The largest absolute Gasteiger partial charge is 0.477 e. The lowest BCUT2D eigenvalue weighted by Crippen LogP contribution is -2.30. The monoisotopic (exact) mass is 405 g/mol. The molecule has 0 radical (unpaired) electrons. The van der Waals surface area contributed by atoms with E-state index in [-0.39, 0.29) is 18.3 Å². The molecule has 27 heavy (non-hydrogen) atoms. The van der Waals surface area contributed by atoms with Crippen LogP contribution < -0.4 is 10.6 Å². The molecule has 1 heterocycles. The lowest BCUT2D eigenvalue weighted by molar-refractivity contribution is 0.0690. The van der Waals surface area contributed by atoms with Crippen LogP contribution in [0.5, 0.6) is 0 Å². The van der Waals surface area contributed by atoms with E-state index in [1.54, 1.807) is 18.2 Å². The Bertz CT molecular complexity index is 1030. The Morgan fingerprint density at radius 2 is 1.93 bits per heavy atom. The third-order valence-electron chi connectivity index (χ3n) is 4.19. The molecule has 4 N–H and O–H groups in total. The Kier molecular flexibility index (Phi) is 5.58. The van der Waals surface area contributed by atoms with Crippen molar-refractivity contribution in [3.63, 3.8) is 0 Å². The number of anilines is 1. The molecular weight excluding hydrogens is 389 g/mol. The molecule has 0 unspecified atom stereocenters. The summed E-state index contributed by atoms with van der Waals surface area (Å²) in [6, 6.07) is 10.2. The number of carboxylic acid groups (broad SMARTS) is 1. The first-order valence-corrected chi connectivity index (χ1v) is 8.95. The summed E-state index contributed by atoms with van der Waals surface area (Å²) in [7, 11) is 0. The quantitative estimate of drug-likeness (QED) is 0.488. The number of para-hydroxylation sites is 1. The molecule has 0 saturated heterocycles. The van der Waals surface area contributed by atoms with E-state index in [1.165, 1.54) is 0 Å². The normalized spacial score (nSPS) is 10.8. The second kappa shape index (κ2) is 7.90. The summed E-state index contributed by atoms with van der Waals surface area (Å²) in [6.07, 6.45) is 0.296. The number of halogens is 2. The molecule has 0 atom stereocenters. The molecule has 8 heteroatoms. The van der Waals surface area contributed by atoms with Crippen molar-refractivity contribution in [3.05, 3.63) is 63.3 Å².